The van der Waals surface area contributed by atoms with E-state index < -0.39 is 5.97 Å². The number of esters is 1. The zero-order valence-electron chi connectivity index (χ0n) is 13.5. The molecule has 0 aliphatic rings. The molecule has 0 radical (unpaired) electrons. The Morgan fingerprint density at radius 2 is 2.08 bits per heavy atom. The highest BCUT2D eigenvalue weighted by Gasteiger charge is 2.17. The van der Waals surface area contributed by atoms with Crippen LogP contribution in [-0.2, 0) is 9.53 Å². The molecule has 0 unspecified atom stereocenters. The summed E-state index contributed by atoms with van der Waals surface area (Å²) in [6.07, 6.45) is 6.41. The number of benzene rings is 1. The lowest BCUT2D eigenvalue weighted by atomic mass is 10.0. The van der Waals surface area contributed by atoms with Crippen molar-refractivity contribution in [2.45, 2.75) is 6.92 Å². The van der Waals surface area contributed by atoms with E-state index in [-0.39, 0.29) is 0 Å². The first kappa shape index (κ1) is 16.7. The molecule has 0 aliphatic heterocycles. The molecule has 0 fully saturated rings. The van der Waals surface area contributed by atoms with Gasteiger partial charge in [0.2, 0.25) is 0 Å². The number of hydrogen-bond donors (Lipinski definition) is 0. The predicted octanol–water partition coefficient (Wildman–Crippen LogP) is 3.36. The summed E-state index contributed by atoms with van der Waals surface area (Å²) in [5.41, 5.74) is 1.59. The van der Waals surface area contributed by atoms with Crippen molar-refractivity contribution >= 4 is 23.1 Å². The van der Waals surface area contributed by atoms with Gasteiger partial charge in [0.05, 0.1) is 18.9 Å². The molecule has 8 heteroatoms. The van der Waals surface area contributed by atoms with Gasteiger partial charge in [0, 0.05) is 29.5 Å². The van der Waals surface area contributed by atoms with E-state index >= 15 is 0 Å². The van der Waals surface area contributed by atoms with Crippen LogP contribution >= 0.6 is 11.5 Å². The number of allylic oxidation sites excluding steroid dienone is 1. The normalized spacial score (nSPS) is 11.2. The average Bonchev–Trinajstić information content (AvgIpc) is 3.13. The SMILES string of the molecule is CC=C(C(=O)OC)c1ccccc1Oc1nc(-c2cnccn2)ns1. The van der Waals surface area contributed by atoms with Crippen molar-refractivity contribution in [2.24, 2.45) is 0 Å². The number of nitrogens with zero attached hydrogens (tertiary/aromatic N) is 4. The maximum atomic E-state index is 12.0. The predicted molar refractivity (Wildman–Crippen MR) is 93.1 cm³/mol. The molecule has 0 saturated heterocycles. The van der Waals surface area contributed by atoms with E-state index in [0.29, 0.717) is 33.6 Å². The molecule has 0 N–H and O–H groups in total. The fraction of sp³-hybridized carbons (Fsp3) is 0.118. The van der Waals surface area contributed by atoms with Gasteiger partial charge in [-0.15, -0.1) is 0 Å². The van der Waals surface area contributed by atoms with E-state index in [9.17, 15) is 4.79 Å². The lowest BCUT2D eigenvalue weighted by molar-refractivity contribution is -0.133. The average molecular weight is 354 g/mol. The van der Waals surface area contributed by atoms with Crippen LogP contribution in [0.25, 0.3) is 17.1 Å². The summed E-state index contributed by atoms with van der Waals surface area (Å²) in [7, 11) is 1.34. The number of methoxy groups -OCH3 is 1. The topological polar surface area (TPSA) is 87.1 Å². The number of carbonyl (C=O) groups excluding carboxylic acids is 1. The maximum Gasteiger partial charge on any atom is 0.338 e. The van der Waals surface area contributed by atoms with E-state index in [2.05, 4.69) is 19.3 Å². The molecular formula is C17H14N4O3S. The van der Waals surface area contributed by atoms with Crippen molar-refractivity contribution in [3.05, 3.63) is 54.5 Å². The molecule has 25 heavy (non-hydrogen) atoms. The van der Waals surface area contributed by atoms with Crippen LogP contribution in [0.15, 0.2) is 48.9 Å². The highest BCUT2D eigenvalue weighted by molar-refractivity contribution is 7.07. The van der Waals surface area contributed by atoms with Gasteiger partial charge in [0.1, 0.15) is 11.4 Å². The van der Waals surface area contributed by atoms with Crippen LogP contribution in [0.3, 0.4) is 0 Å². The van der Waals surface area contributed by atoms with Gasteiger partial charge in [-0.3, -0.25) is 4.98 Å². The third-order valence-electron chi connectivity index (χ3n) is 3.27. The second-order valence-electron chi connectivity index (χ2n) is 4.77. The lowest BCUT2D eigenvalue weighted by Gasteiger charge is -2.10. The first-order valence-corrected chi connectivity index (χ1v) is 8.12. The molecule has 3 rings (SSSR count). The Balaban J connectivity index is 1.90. The van der Waals surface area contributed by atoms with Gasteiger partial charge < -0.3 is 9.47 Å². The second-order valence-corrected chi connectivity index (χ2v) is 5.48. The Morgan fingerprint density at radius 1 is 1.24 bits per heavy atom. The fourth-order valence-corrected chi connectivity index (χ4v) is 2.69. The Bertz CT molecular complexity index is 909. The van der Waals surface area contributed by atoms with Crippen molar-refractivity contribution in [2.75, 3.05) is 7.11 Å². The number of carbonyl (C=O) groups is 1. The lowest BCUT2D eigenvalue weighted by Crippen LogP contribution is -2.04. The summed E-state index contributed by atoms with van der Waals surface area (Å²) in [5, 5.41) is 0.341. The minimum Gasteiger partial charge on any atom is -0.465 e. The molecule has 0 bridgehead atoms. The zero-order chi connectivity index (χ0) is 17.6. The third kappa shape index (κ3) is 3.69. The minimum absolute atomic E-state index is 0.341. The van der Waals surface area contributed by atoms with Gasteiger partial charge in [-0.1, -0.05) is 24.3 Å². The summed E-state index contributed by atoms with van der Waals surface area (Å²) in [4.78, 5) is 24.4. The van der Waals surface area contributed by atoms with Crippen molar-refractivity contribution in [1.82, 2.24) is 19.3 Å². The smallest absolute Gasteiger partial charge is 0.338 e. The monoisotopic (exact) mass is 354 g/mol. The van der Waals surface area contributed by atoms with Crippen LogP contribution in [0.5, 0.6) is 10.9 Å². The number of hydrogen-bond acceptors (Lipinski definition) is 8. The Kier molecular flexibility index (Phi) is 5.10. The van der Waals surface area contributed by atoms with E-state index in [1.165, 1.54) is 7.11 Å². The standard InChI is InChI=1S/C17H14N4O3S/c1-3-11(16(22)23-2)12-6-4-5-7-14(12)24-17-20-15(21-25-17)13-10-18-8-9-19-13/h3-10H,1-2H3. The Morgan fingerprint density at radius 3 is 2.80 bits per heavy atom. The second kappa shape index (κ2) is 7.63. The summed E-state index contributed by atoms with van der Waals surface area (Å²) >= 11 is 1.09. The molecule has 2 heterocycles. The minimum atomic E-state index is -0.434. The van der Waals surface area contributed by atoms with Gasteiger partial charge in [-0.2, -0.15) is 9.36 Å². The van der Waals surface area contributed by atoms with Crippen LogP contribution in [0, 0.1) is 0 Å². The first-order chi connectivity index (χ1) is 12.2. The van der Waals surface area contributed by atoms with Gasteiger partial charge in [0.25, 0.3) is 5.19 Å². The summed E-state index contributed by atoms with van der Waals surface area (Å²) in [5.74, 6) is 0.490. The number of rotatable bonds is 5. The Hall–Kier alpha value is -3.13. The molecular weight excluding hydrogens is 340 g/mol. The highest BCUT2D eigenvalue weighted by atomic mass is 32.1. The number of ether oxygens (including phenoxy) is 2. The van der Waals surface area contributed by atoms with Gasteiger partial charge in [-0.05, 0) is 13.0 Å². The van der Waals surface area contributed by atoms with E-state index in [1.807, 2.05) is 12.1 Å². The first-order valence-electron chi connectivity index (χ1n) is 7.35. The van der Waals surface area contributed by atoms with Crippen LogP contribution in [0.2, 0.25) is 0 Å². The van der Waals surface area contributed by atoms with Crippen molar-refractivity contribution in [3.63, 3.8) is 0 Å². The van der Waals surface area contributed by atoms with E-state index in [0.717, 1.165) is 11.5 Å². The van der Waals surface area contributed by atoms with Gasteiger partial charge in [0.15, 0.2) is 5.82 Å². The summed E-state index contributed by atoms with van der Waals surface area (Å²) in [6, 6.07) is 7.17. The molecule has 0 atom stereocenters. The molecule has 0 saturated carbocycles. The fourth-order valence-electron chi connectivity index (χ4n) is 2.14. The molecule has 0 spiro atoms. The molecule has 2 aromatic heterocycles. The molecule has 0 aliphatic carbocycles. The third-order valence-corrected chi connectivity index (χ3v) is 3.86. The van der Waals surface area contributed by atoms with Gasteiger partial charge in [-0.25, -0.2) is 9.78 Å². The number of aromatic nitrogens is 4. The molecule has 7 nitrogen and oxygen atoms in total. The molecule has 126 valence electrons. The zero-order valence-corrected chi connectivity index (χ0v) is 14.4. The Labute approximate surface area is 148 Å². The quantitative estimate of drug-likeness (QED) is 0.513. The van der Waals surface area contributed by atoms with Crippen LogP contribution in [0.1, 0.15) is 12.5 Å². The van der Waals surface area contributed by atoms with Crippen LogP contribution < -0.4 is 4.74 Å². The van der Waals surface area contributed by atoms with Crippen LogP contribution in [0.4, 0.5) is 0 Å². The molecule has 3 aromatic rings. The van der Waals surface area contributed by atoms with Crippen LogP contribution in [-0.4, -0.2) is 32.4 Å². The highest BCUT2D eigenvalue weighted by Crippen LogP contribution is 2.32. The van der Waals surface area contributed by atoms with Crippen molar-refractivity contribution in [3.8, 4) is 22.5 Å². The van der Waals surface area contributed by atoms with Crippen molar-refractivity contribution < 1.29 is 14.3 Å². The van der Waals surface area contributed by atoms with Crippen molar-refractivity contribution in [1.29, 1.82) is 0 Å². The maximum absolute atomic E-state index is 12.0. The summed E-state index contributed by atoms with van der Waals surface area (Å²) < 4.78 is 14.9. The summed E-state index contributed by atoms with van der Waals surface area (Å²) in [6.45, 7) is 1.76. The van der Waals surface area contributed by atoms with E-state index in [1.54, 1.807) is 43.7 Å². The molecule has 1 aromatic carbocycles. The number of para-hydroxylation sites is 1. The van der Waals surface area contributed by atoms with E-state index in [4.69, 9.17) is 9.47 Å². The molecule has 0 amide bonds. The van der Waals surface area contributed by atoms with Gasteiger partial charge >= 0.3 is 5.97 Å². The largest absolute Gasteiger partial charge is 0.465 e.